The fraction of sp³-hybridized carbons (Fsp3) is 0.517. The maximum atomic E-state index is 12.2. The highest BCUT2D eigenvalue weighted by Gasteiger charge is 2.30. The number of amides is 2. The minimum atomic E-state index is -0.205. The van der Waals surface area contributed by atoms with Crippen LogP contribution in [-0.4, -0.2) is 45.1 Å². The van der Waals surface area contributed by atoms with E-state index in [4.69, 9.17) is 9.97 Å². The first-order valence-corrected chi connectivity index (χ1v) is 14.6. The number of nitrogens with one attached hydrogen (secondary N) is 3. The molecule has 39 heavy (non-hydrogen) atoms. The molecule has 3 heterocycles. The predicted molar refractivity (Wildman–Crippen MR) is 157 cm³/mol. The summed E-state index contributed by atoms with van der Waals surface area (Å²) >= 11 is 1.46. The second kappa shape index (κ2) is 11.2. The second-order valence-corrected chi connectivity index (χ2v) is 12.8. The predicted octanol–water partition coefficient (Wildman–Crippen LogP) is 5.33. The lowest BCUT2D eigenvalue weighted by Crippen LogP contribution is -2.37. The van der Waals surface area contributed by atoms with E-state index >= 15 is 0 Å². The van der Waals surface area contributed by atoms with Crippen LogP contribution in [0.5, 0.6) is 0 Å². The van der Waals surface area contributed by atoms with Gasteiger partial charge in [-0.3, -0.25) is 14.5 Å². The Morgan fingerprint density at radius 2 is 1.72 bits per heavy atom. The summed E-state index contributed by atoms with van der Waals surface area (Å²) in [4.78, 5) is 35.2. The average Bonchev–Trinajstić information content (AvgIpc) is 3.44. The summed E-state index contributed by atoms with van der Waals surface area (Å²) in [7, 11) is 0. The number of nitrogens with zero attached hydrogens (tertiary/aromatic N) is 3. The van der Waals surface area contributed by atoms with Gasteiger partial charge in [0.2, 0.25) is 11.8 Å². The van der Waals surface area contributed by atoms with E-state index < -0.39 is 0 Å². The largest absolute Gasteiger partial charge is 0.393 e. The van der Waals surface area contributed by atoms with E-state index in [2.05, 4.69) is 49.7 Å². The first-order chi connectivity index (χ1) is 18.5. The number of aliphatic hydroxyl groups excluding tert-OH is 1. The van der Waals surface area contributed by atoms with E-state index in [9.17, 15) is 14.7 Å². The number of imide groups is 1. The molecular formula is C29H38N6O3S. The molecule has 2 fully saturated rings. The minimum Gasteiger partial charge on any atom is -0.393 e. The fourth-order valence-corrected chi connectivity index (χ4v) is 5.82. The van der Waals surface area contributed by atoms with Crippen molar-refractivity contribution in [2.75, 3.05) is 15.5 Å². The number of hydrogen-bond acceptors (Lipinski definition) is 9. The molecular weight excluding hydrogens is 512 g/mol. The standard InChI is InChI=1S/C29H38N6O3S/c1-17(29(2,3)4)30-16-18-13-24(31-19-5-8-21(36)9-6-19)33-25(14-18)34-28-32-22-10-7-20(15-23(22)39-28)35-26(37)11-12-27(35)38/h7,10,13-15,17,19,21,30,36H,5-6,8-9,11-12,16H2,1-4H3,(H2,31,32,33,34). The number of pyridine rings is 1. The van der Waals surface area contributed by atoms with Gasteiger partial charge in [0.25, 0.3) is 0 Å². The summed E-state index contributed by atoms with van der Waals surface area (Å²) in [6, 6.07) is 10.2. The minimum absolute atomic E-state index is 0.141. The first-order valence-electron chi connectivity index (χ1n) is 13.8. The Balaban J connectivity index is 1.37. The summed E-state index contributed by atoms with van der Waals surface area (Å²) in [6.07, 6.45) is 3.74. The average molecular weight is 551 g/mol. The summed E-state index contributed by atoms with van der Waals surface area (Å²) in [6.45, 7) is 9.58. The molecule has 1 saturated carbocycles. The van der Waals surface area contributed by atoms with Gasteiger partial charge in [0.15, 0.2) is 5.13 Å². The zero-order chi connectivity index (χ0) is 27.7. The number of anilines is 4. The van der Waals surface area contributed by atoms with Crippen LogP contribution in [0.1, 0.15) is 71.8 Å². The van der Waals surface area contributed by atoms with Crippen molar-refractivity contribution < 1.29 is 14.7 Å². The highest BCUT2D eigenvalue weighted by molar-refractivity contribution is 7.22. The van der Waals surface area contributed by atoms with Gasteiger partial charge in [-0.05, 0) is 73.9 Å². The van der Waals surface area contributed by atoms with E-state index in [1.165, 1.54) is 16.2 Å². The molecule has 1 aromatic carbocycles. The Hall–Kier alpha value is -3.08. The van der Waals surface area contributed by atoms with Crippen molar-refractivity contribution in [1.29, 1.82) is 0 Å². The summed E-state index contributed by atoms with van der Waals surface area (Å²) in [5.74, 6) is 1.17. The Kier molecular flexibility index (Phi) is 7.89. The number of aromatic nitrogens is 2. The van der Waals surface area contributed by atoms with Gasteiger partial charge >= 0.3 is 0 Å². The number of carbonyl (C=O) groups excluding carboxylic acids is 2. The molecule has 10 heteroatoms. The van der Waals surface area contributed by atoms with Gasteiger partial charge in [-0.15, -0.1) is 0 Å². The SMILES string of the molecule is CC(NCc1cc(Nc2nc3ccc(N4C(=O)CCC4=O)cc3s2)nc(NC2CCC(O)CC2)c1)C(C)(C)C. The third-order valence-electron chi connectivity index (χ3n) is 7.76. The molecule has 1 saturated heterocycles. The third-order valence-corrected chi connectivity index (χ3v) is 8.70. The number of rotatable bonds is 8. The molecule has 1 unspecified atom stereocenters. The molecule has 4 N–H and O–H groups in total. The molecule has 3 aromatic rings. The van der Waals surface area contributed by atoms with Gasteiger partial charge in [-0.25, -0.2) is 9.97 Å². The Morgan fingerprint density at radius 1 is 1.03 bits per heavy atom. The summed E-state index contributed by atoms with van der Waals surface area (Å²) in [5.41, 5.74) is 2.63. The zero-order valence-corrected chi connectivity index (χ0v) is 23.9. The van der Waals surface area contributed by atoms with Crippen LogP contribution in [0.25, 0.3) is 10.2 Å². The van der Waals surface area contributed by atoms with E-state index in [0.717, 1.165) is 47.3 Å². The molecule has 9 nitrogen and oxygen atoms in total. The molecule has 2 aliphatic rings. The topological polar surface area (TPSA) is 119 Å². The fourth-order valence-electron chi connectivity index (χ4n) is 4.91. The van der Waals surface area contributed by atoms with Crippen molar-refractivity contribution >= 4 is 55.8 Å². The molecule has 0 spiro atoms. The molecule has 2 amide bonds. The van der Waals surface area contributed by atoms with E-state index in [0.29, 0.717) is 29.2 Å². The molecule has 5 rings (SSSR count). The van der Waals surface area contributed by atoms with Crippen LogP contribution < -0.4 is 20.9 Å². The van der Waals surface area contributed by atoms with Crippen molar-refractivity contribution in [2.24, 2.45) is 5.41 Å². The number of aliphatic hydroxyl groups is 1. The van der Waals surface area contributed by atoms with Gasteiger partial charge in [0, 0.05) is 31.5 Å². The van der Waals surface area contributed by atoms with Gasteiger partial charge < -0.3 is 21.1 Å². The number of hydrogen-bond donors (Lipinski definition) is 4. The molecule has 1 aliphatic carbocycles. The van der Waals surface area contributed by atoms with Gasteiger partial charge in [0.05, 0.1) is 22.0 Å². The van der Waals surface area contributed by atoms with Crippen LogP contribution in [0.4, 0.5) is 22.5 Å². The highest BCUT2D eigenvalue weighted by atomic mass is 32.1. The summed E-state index contributed by atoms with van der Waals surface area (Å²) in [5, 5.41) is 21.2. The van der Waals surface area contributed by atoms with Crippen LogP contribution in [0.15, 0.2) is 30.3 Å². The zero-order valence-electron chi connectivity index (χ0n) is 23.1. The third kappa shape index (κ3) is 6.57. The van der Waals surface area contributed by atoms with Crippen LogP contribution in [-0.2, 0) is 16.1 Å². The molecule has 1 aliphatic heterocycles. The lowest BCUT2D eigenvalue weighted by molar-refractivity contribution is -0.121. The number of fused-ring (bicyclic) bond motifs is 1. The maximum Gasteiger partial charge on any atom is 0.234 e. The Morgan fingerprint density at radius 3 is 2.41 bits per heavy atom. The van der Waals surface area contributed by atoms with E-state index in [1.54, 1.807) is 6.07 Å². The van der Waals surface area contributed by atoms with Crippen LogP contribution in [0.3, 0.4) is 0 Å². The molecule has 208 valence electrons. The molecule has 0 radical (unpaired) electrons. The second-order valence-electron chi connectivity index (χ2n) is 11.8. The normalized spacial score (nSPS) is 21.0. The van der Waals surface area contributed by atoms with Gasteiger partial charge in [0.1, 0.15) is 11.6 Å². The quantitative estimate of drug-likeness (QED) is 0.278. The van der Waals surface area contributed by atoms with Crippen LogP contribution in [0.2, 0.25) is 0 Å². The number of carbonyl (C=O) groups is 2. The van der Waals surface area contributed by atoms with Crippen molar-refractivity contribution in [3.8, 4) is 0 Å². The van der Waals surface area contributed by atoms with Crippen LogP contribution >= 0.6 is 11.3 Å². The van der Waals surface area contributed by atoms with Crippen molar-refractivity contribution in [1.82, 2.24) is 15.3 Å². The Bertz CT molecular complexity index is 1340. The molecule has 1 atom stereocenters. The first kappa shape index (κ1) is 27.5. The van der Waals surface area contributed by atoms with Crippen molar-refractivity contribution in [2.45, 2.75) is 91.0 Å². The number of benzene rings is 1. The van der Waals surface area contributed by atoms with Gasteiger partial charge in [-0.1, -0.05) is 32.1 Å². The smallest absolute Gasteiger partial charge is 0.234 e. The van der Waals surface area contributed by atoms with Gasteiger partial charge in [-0.2, -0.15) is 0 Å². The lowest BCUT2D eigenvalue weighted by Gasteiger charge is -2.29. The molecule has 2 aromatic heterocycles. The highest BCUT2D eigenvalue weighted by Crippen LogP contribution is 2.33. The summed E-state index contributed by atoms with van der Waals surface area (Å²) < 4.78 is 0.887. The Labute approximate surface area is 233 Å². The van der Waals surface area contributed by atoms with Crippen LogP contribution in [0, 0.1) is 5.41 Å². The van der Waals surface area contributed by atoms with Crippen molar-refractivity contribution in [3.63, 3.8) is 0 Å². The van der Waals surface area contributed by atoms with Crippen molar-refractivity contribution in [3.05, 3.63) is 35.9 Å². The maximum absolute atomic E-state index is 12.2. The van der Waals surface area contributed by atoms with E-state index in [-0.39, 0.29) is 42.2 Å². The van der Waals surface area contributed by atoms with E-state index in [1.807, 2.05) is 18.2 Å². The molecule has 0 bridgehead atoms. The lowest BCUT2D eigenvalue weighted by atomic mass is 9.88. The monoisotopic (exact) mass is 550 g/mol. The number of thiazole rings is 1.